The first-order valence-corrected chi connectivity index (χ1v) is 7.86. The van der Waals surface area contributed by atoms with Crippen molar-refractivity contribution in [2.24, 2.45) is 10.8 Å². The van der Waals surface area contributed by atoms with Crippen LogP contribution in [0.15, 0.2) is 71.5 Å². The first-order chi connectivity index (χ1) is 11.3. The summed E-state index contributed by atoms with van der Waals surface area (Å²) in [6.07, 6.45) is 1.31. The number of carbonyl (C=O) groups is 1. The van der Waals surface area contributed by atoms with E-state index >= 15 is 0 Å². The normalized spacial score (nSPS) is 16.3. The number of aromatic nitrogens is 1. The Morgan fingerprint density at radius 3 is 2.52 bits per heavy atom. The van der Waals surface area contributed by atoms with Crippen LogP contribution in [0, 0.1) is 0 Å². The van der Waals surface area contributed by atoms with Crippen molar-refractivity contribution in [2.45, 2.75) is 0 Å². The standard InChI is InChI=1S/C17H12N4OS/c18-10-12-15(11-6-2-1-3-7-11)20-21(16(12)22)17-19-13-8-4-5-9-14(13)23-17/h1-10H,18H2/b12-10+. The van der Waals surface area contributed by atoms with E-state index < -0.39 is 0 Å². The minimum absolute atomic E-state index is 0.259. The van der Waals surface area contributed by atoms with Crippen molar-refractivity contribution >= 4 is 38.3 Å². The lowest BCUT2D eigenvalue weighted by molar-refractivity contribution is -0.114. The summed E-state index contributed by atoms with van der Waals surface area (Å²) in [5.41, 5.74) is 8.31. The van der Waals surface area contributed by atoms with Crippen molar-refractivity contribution in [3.05, 3.63) is 71.9 Å². The highest BCUT2D eigenvalue weighted by Gasteiger charge is 2.33. The molecule has 2 N–H and O–H groups in total. The summed E-state index contributed by atoms with van der Waals surface area (Å²) in [7, 11) is 0. The number of hydrazone groups is 1. The van der Waals surface area contributed by atoms with E-state index in [1.165, 1.54) is 22.5 Å². The van der Waals surface area contributed by atoms with Gasteiger partial charge in [-0.1, -0.05) is 53.8 Å². The molecule has 0 fully saturated rings. The summed E-state index contributed by atoms with van der Waals surface area (Å²) >= 11 is 1.43. The second kappa shape index (κ2) is 5.33. The van der Waals surface area contributed by atoms with Crippen molar-refractivity contribution in [2.75, 3.05) is 5.01 Å². The predicted molar refractivity (Wildman–Crippen MR) is 92.4 cm³/mol. The highest BCUT2D eigenvalue weighted by molar-refractivity contribution is 7.22. The average Bonchev–Trinajstić information content (AvgIpc) is 3.16. The van der Waals surface area contributed by atoms with E-state index in [4.69, 9.17) is 5.73 Å². The van der Waals surface area contributed by atoms with Gasteiger partial charge in [0.05, 0.1) is 15.8 Å². The van der Waals surface area contributed by atoms with E-state index in [-0.39, 0.29) is 5.91 Å². The summed E-state index contributed by atoms with van der Waals surface area (Å²) in [5, 5.41) is 6.33. The summed E-state index contributed by atoms with van der Waals surface area (Å²) in [6, 6.07) is 17.3. The fourth-order valence-corrected chi connectivity index (χ4v) is 3.37. The molecule has 1 amide bonds. The van der Waals surface area contributed by atoms with E-state index in [0.717, 1.165) is 15.8 Å². The lowest BCUT2D eigenvalue weighted by Crippen LogP contribution is -2.21. The Balaban J connectivity index is 1.82. The number of carbonyl (C=O) groups excluding carboxylic acids is 1. The zero-order valence-corrected chi connectivity index (χ0v) is 12.8. The minimum atomic E-state index is -0.259. The van der Waals surface area contributed by atoms with Gasteiger partial charge >= 0.3 is 0 Å². The van der Waals surface area contributed by atoms with Gasteiger partial charge in [0.1, 0.15) is 5.71 Å². The predicted octanol–water partition coefficient (Wildman–Crippen LogP) is 2.89. The largest absolute Gasteiger partial charge is 0.404 e. The second-order valence-corrected chi connectivity index (χ2v) is 5.99. The molecule has 2 aromatic carbocycles. The third-order valence-electron chi connectivity index (χ3n) is 3.56. The molecule has 0 saturated carbocycles. The smallest absolute Gasteiger partial charge is 0.284 e. The molecule has 0 radical (unpaired) electrons. The minimum Gasteiger partial charge on any atom is -0.404 e. The highest BCUT2D eigenvalue weighted by atomic mass is 32.1. The molecule has 0 unspecified atom stereocenters. The molecule has 4 rings (SSSR count). The van der Waals surface area contributed by atoms with Crippen LogP contribution in [0.1, 0.15) is 5.56 Å². The van der Waals surface area contributed by atoms with Crippen molar-refractivity contribution in [3.8, 4) is 0 Å². The van der Waals surface area contributed by atoms with Gasteiger partial charge in [-0.3, -0.25) is 4.79 Å². The van der Waals surface area contributed by atoms with E-state index in [1.807, 2.05) is 54.6 Å². The maximum absolute atomic E-state index is 12.6. The van der Waals surface area contributed by atoms with Crippen LogP contribution in [-0.2, 0) is 4.79 Å². The fourth-order valence-electron chi connectivity index (χ4n) is 2.45. The zero-order valence-electron chi connectivity index (χ0n) is 12.0. The Morgan fingerprint density at radius 1 is 1.04 bits per heavy atom. The van der Waals surface area contributed by atoms with Crippen LogP contribution in [0.5, 0.6) is 0 Å². The molecule has 6 heteroatoms. The second-order valence-electron chi connectivity index (χ2n) is 4.98. The Hall–Kier alpha value is -2.99. The molecule has 1 aliphatic heterocycles. The third-order valence-corrected chi connectivity index (χ3v) is 4.57. The molecular formula is C17H12N4OS. The molecule has 1 aliphatic rings. The Labute approximate surface area is 136 Å². The monoisotopic (exact) mass is 320 g/mol. The highest BCUT2D eigenvalue weighted by Crippen LogP contribution is 2.32. The maximum atomic E-state index is 12.6. The summed E-state index contributed by atoms with van der Waals surface area (Å²) in [6.45, 7) is 0. The number of hydrogen-bond acceptors (Lipinski definition) is 5. The van der Waals surface area contributed by atoms with Crippen molar-refractivity contribution in [3.63, 3.8) is 0 Å². The molecule has 3 aromatic rings. The first kappa shape index (κ1) is 13.7. The lowest BCUT2D eigenvalue weighted by Gasteiger charge is -2.05. The van der Waals surface area contributed by atoms with Crippen molar-refractivity contribution in [1.29, 1.82) is 0 Å². The molecule has 0 spiro atoms. The van der Waals surface area contributed by atoms with E-state index in [1.54, 1.807) is 0 Å². The van der Waals surface area contributed by atoms with Gasteiger partial charge in [-0.25, -0.2) is 4.98 Å². The van der Waals surface area contributed by atoms with Crippen LogP contribution in [0.2, 0.25) is 0 Å². The molecule has 1 aromatic heterocycles. The van der Waals surface area contributed by atoms with Gasteiger partial charge in [0.25, 0.3) is 5.91 Å². The Bertz CT molecular complexity index is 926. The topological polar surface area (TPSA) is 71.6 Å². The third kappa shape index (κ3) is 2.20. The molecule has 2 heterocycles. The number of amides is 1. The number of nitrogens with two attached hydrogens (primary N) is 1. The van der Waals surface area contributed by atoms with Gasteiger partial charge in [0, 0.05) is 11.8 Å². The Kier molecular flexibility index (Phi) is 3.17. The maximum Gasteiger partial charge on any atom is 0.284 e. The SMILES string of the molecule is N/C=C1/C(=O)N(c2nc3ccccc3s2)N=C1c1ccccc1. The van der Waals surface area contributed by atoms with Gasteiger partial charge in [0.15, 0.2) is 0 Å². The number of para-hydroxylation sites is 1. The van der Waals surface area contributed by atoms with E-state index in [9.17, 15) is 4.79 Å². The van der Waals surface area contributed by atoms with Gasteiger partial charge in [0.2, 0.25) is 5.13 Å². The van der Waals surface area contributed by atoms with Crippen LogP contribution in [0.25, 0.3) is 10.2 Å². The van der Waals surface area contributed by atoms with Crippen LogP contribution in [0.3, 0.4) is 0 Å². The average molecular weight is 320 g/mol. The molecule has 0 bridgehead atoms. The molecule has 0 atom stereocenters. The zero-order chi connectivity index (χ0) is 15.8. The number of fused-ring (bicyclic) bond motifs is 1. The van der Waals surface area contributed by atoms with Crippen molar-refractivity contribution in [1.82, 2.24) is 4.98 Å². The van der Waals surface area contributed by atoms with Gasteiger partial charge in [-0.05, 0) is 12.1 Å². The van der Waals surface area contributed by atoms with Gasteiger partial charge in [-0.2, -0.15) is 10.1 Å². The quantitative estimate of drug-likeness (QED) is 0.738. The summed E-state index contributed by atoms with van der Waals surface area (Å²) < 4.78 is 1.01. The molecule has 112 valence electrons. The number of hydrogen-bond donors (Lipinski definition) is 1. The molecule has 23 heavy (non-hydrogen) atoms. The molecule has 0 aliphatic carbocycles. The summed E-state index contributed by atoms with van der Waals surface area (Å²) in [5.74, 6) is -0.259. The summed E-state index contributed by atoms with van der Waals surface area (Å²) in [4.78, 5) is 17.1. The number of benzene rings is 2. The number of rotatable bonds is 2. The van der Waals surface area contributed by atoms with Crippen LogP contribution >= 0.6 is 11.3 Å². The number of thiazole rings is 1. The van der Waals surface area contributed by atoms with Gasteiger partial charge < -0.3 is 5.73 Å². The van der Waals surface area contributed by atoms with Crippen LogP contribution in [0.4, 0.5) is 5.13 Å². The molecular weight excluding hydrogens is 308 g/mol. The Morgan fingerprint density at radius 2 is 1.78 bits per heavy atom. The molecule has 0 saturated heterocycles. The van der Waals surface area contributed by atoms with E-state index in [2.05, 4.69) is 10.1 Å². The number of nitrogens with zero attached hydrogens (tertiary/aromatic N) is 3. The molecule has 5 nitrogen and oxygen atoms in total. The number of anilines is 1. The van der Waals surface area contributed by atoms with Crippen LogP contribution < -0.4 is 10.7 Å². The van der Waals surface area contributed by atoms with Crippen molar-refractivity contribution < 1.29 is 4.79 Å². The van der Waals surface area contributed by atoms with Gasteiger partial charge in [-0.15, -0.1) is 0 Å². The van der Waals surface area contributed by atoms with E-state index in [0.29, 0.717) is 16.4 Å². The van der Waals surface area contributed by atoms with Crippen LogP contribution in [-0.4, -0.2) is 16.6 Å². The fraction of sp³-hybridized carbons (Fsp3) is 0. The first-order valence-electron chi connectivity index (χ1n) is 7.04. The lowest BCUT2D eigenvalue weighted by atomic mass is 10.0.